The van der Waals surface area contributed by atoms with Gasteiger partial charge in [-0.25, -0.2) is 0 Å². The molecule has 1 aliphatic heterocycles. The molecule has 1 saturated heterocycles. The third kappa shape index (κ3) is 15.3. The van der Waals surface area contributed by atoms with Crippen LogP contribution >= 0.6 is 24.0 Å². The maximum Gasteiger partial charge on any atom is 0.305 e. The first-order chi connectivity index (χ1) is 13.3. The first-order valence-corrected chi connectivity index (χ1v) is 10.5. The molecule has 1 rings (SSSR count). The van der Waals surface area contributed by atoms with Gasteiger partial charge in [-0.1, -0.05) is 12.8 Å². The van der Waals surface area contributed by atoms with Crippen molar-refractivity contribution >= 4 is 35.9 Å². The van der Waals surface area contributed by atoms with Gasteiger partial charge in [-0.15, -0.1) is 24.0 Å². The fraction of sp³-hybridized carbons (Fsp3) is 0.900. The molecular formula is C20H40IN3O4. The molecule has 0 aliphatic carbocycles. The number of carbonyl (C=O) groups excluding carboxylic acids is 1. The standard InChI is InChI=1S/C20H39N3O4.HI/c1-3-21-20(22-12-7-5-4-6-9-19(24)25-2)23-13-8-14-27-17-18-10-15-26-16-11-18;/h18H,3-17H2,1-2H3,(H2,21,22,23);1H. The molecule has 0 spiro atoms. The van der Waals surface area contributed by atoms with Gasteiger partial charge in [-0.2, -0.15) is 0 Å². The predicted octanol–water partition coefficient (Wildman–Crippen LogP) is 3.12. The van der Waals surface area contributed by atoms with Crippen LogP contribution in [0.5, 0.6) is 0 Å². The number of rotatable bonds is 14. The molecule has 1 heterocycles. The zero-order valence-corrected chi connectivity index (χ0v) is 20.0. The van der Waals surface area contributed by atoms with Crippen LogP contribution < -0.4 is 10.6 Å². The van der Waals surface area contributed by atoms with Gasteiger partial charge in [-0.3, -0.25) is 9.79 Å². The topological polar surface area (TPSA) is 81.2 Å². The van der Waals surface area contributed by atoms with Crippen LogP contribution in [0.1, 0.15) is 58.3 Å². The number of esters is 1. The molecule has 0 atom stereocenters. The van der Waals surface area contributed by atoms with Crippen LogP contribution in [0, 0.1) is 5.92 Å². The highest BCUT2D eigenvalue weighted by atomic mass is 127. The van der Waals surface area contributed by atoms with Gasteiger partial charge in [0.05, 0.1) is 7.11 Å². The summed E-state index contributed by atoms with van der Waals surface area (Å²) < 4.78 is 15.8. The normalized spacial score (nSPS) is 15.0. The SMILES string of the molecule is CCNC(=NCCCOCC1CCOCC1)NCCCCCCC(=O)OC.I. The minimum absolute atomic E-state index is 0. The molecule has 0 bridgehead atoms. The summed E-state index contributed by atoms with van der Waals surface area (Å²) in [5.41, 5.74) is 0. The number of hydrogen-bond acceptors (Lipinski definition) is 5. The Kier molecular flexibility index (Phi) is 19.3. The van der Waals surface area contributed by atoms with E-state index < -0.39 is 0 Å². The molecule has 0 aromatic carbocycles. The summed E-state index contributed by atoms with van der Waals surface area (Å²) in [6.45, 7) is 7.95. The maximum absolute atomic E-state index is 11.0. The molecule has 1 fully saturated rings. The van der Waals surface area contributed by atoms with Crippen molar-refractivity contribution in [3.63, 3.8) is 0 Å². The minimum Gasteiger partial charge on any atom is -0.469 e. The summed E-state index contributed by atoms with van der Waals surface area (Å²) >= 11 is 0. The van der Waals surface area contributed by atoms with E-state index in [1.54, 1.807) is 0 Å². The highest BCUT2D eigenvalue weighted by Gasteiger charge is 2.13. The molecule has 28 heavy (non-hydrogen) atoms. The van der Waals surface area contributed by atoms with Gasteiger partial charge in [-0.05, 0) is 44.9 Å². The Morgan fingerprint density at radius 3 is 2.57 bits per heavy atom. The molecule has 166 valence electrons. The Bertz CT molecular complexity index is 405. The van der Waals surface area contributed by atoms with E-state index in [2.05, 4.69) is 27.3 Å². The summed E-state index contributed by atoms with van der Waals surface area (Å²) in [5, 5.41) is 6.64. The molecular weight excluding hydrogens is 473 g/mol. The Balaban J connectivity index is 0.00000729. The van der Waals surface area contributed by atoms with Crippen LogP contribution in [0.25, 0.3) is 0 Å². The monoisotopic (exact) mass is 513 g/mol. The van der Waals surface area contributed by atoms with Crippen molar-refractivity contribution in [2.75, 3.05) is 53.2 Å². The van der Waals surface area contributed by atoms with Gasteiger partial charge in [0.15, 0.2) is 5.96 Å². The van der Waals surface area contributed by atoms with E-state index >= 15 is 0 Å². The molecule has 0 amide bonds. The fourth-order valence-electron chi connectivity index (χ4n) is 2.92. The molecule has 0 aromatic rings. The molecule has 7 nitrogen and oxygen atoms in total. The smallest absolute Gasteiger partial charge is 0.305 e. The first-order valence-electron chi connectivity index (χ1n) is 10.5. The predicted molar refractivity (Wildman–Crippen MR) is 123 cm³/mol. The second kappa shape index (κ2) is 19.7. The average molecular weight is 513 g/mol. The number of aliphatic imine (C=N–C) groups is 1. The van der Waals surface area contributed by atoms with Gasteiger partial charge in [0.2, 0.25) is 0 Å². The van der Waals surface area contributed by atoms with Gasteiger partial charge in [0.25, 0.3) is 0 Å². The minimum atomic E-state index is -0.119. The second-order valence-corrected chi connectivity index (χ2v) is 6.91. The number of ether oxygens (including phenoxy) is 3. The van der Waals surface area contributed by atoms with E-state index in [9.17, 15) is 4.79 Å². The molecule has 0 saturated carbocycles. The van der Waals surface area contributed by atoms with Crippen LogP contribution in [0.15, 0.2) is 4.99 Å². The summed E-state index contributed by atoms with van der Waals surface area (Å²) in [5.74, 6) is 1.41. The van der Waals surface area contributed by atoms with Crippen LogP contribution in [0.3, 0.4) is 0 Å². The Hall–Kier alpha value is -0.610. The molecule has 8 heteroatoms. The lowest BCUT2D eigenvalue weighted by atomic mass is 10.0. The number of nitrogens with one attached hydrogen (secondary N) is 2. The molecule has 0 radical (unpaired) electrons. The van der Waals surface area contributed by atoms with Crippen molar-refractivity contribution in [2.24, 2.45) is 10.9 Å². The highest BCUT2D eigenvalue weighted by Crippen LogP contribution is 2.14. The lowest BCUT2D eigenvalue weighted by molar-refractivity contribution is -0.140. The Morgan fingerprint density at radius 1 is 1.11 bits per heavy atom. The maximum atomic E-state index is 11.0. The van der Waals surface area contributed by atoms with Crippen LogP contribution in [-0.4, -0.2) is 65.1 Å². The summed E-state index contributed by atoms with van der Waals surface area (Å²) in [6, 6.07) is 0. The number of nitrogens with zero attached hydrogens (tertiary/aromatic N) is 1. The summed E-state index contributed by atoms with van der Waals surface area (Å²) in [4.78, 5) is 15.6. The van der Waals surface area contributed by atoms with Crippen molar-refractivity contribution in [3.8, 4) is 0 Å². The van der Waals surface area contributed by atoms with Crippen LogP contribution in [0.4, 0.5) is 0 Å². The third-order valence-corrected chi connectivity index (χ3v) is 4.58. The molecule has 0 aromatic heterocycles. The van der Waals surface area contributed by atoms with Crippen molar-refractivity contribution < 1.29 is 19.0 Å². The van der Waals surface area contributed by atoms with Crippen LogP contribution in [-0.2, 0) is 19.0 Å². The van der Waals surface area contributed by atoms with Crippen LogP contribution in [0.2, 0.25) is 0 Å². The zero-order valence-electron chi connectivity index (χ0n) is 17.7. The molecule has 0 unspecified atom stereocenters. The third-order valence-electron chi connectivity index (χ3n) is 4.58. The highest BCUT2D eigenvalue weighted by molar-refractivity contribution is 14.0. The summed E-state index contributed by atoms with van der Waals surface area (Å²) in [7, 11) is 1.44. The number of guanidine groups is 1. The van der Waals surface area contributed by atoms with E-state index in [1.807, 2.05) is 0 Å². The number of carbonyl (C=O) groups is 1. The van der Waals surface area contributed by atoms with Crippen molar-refractivity contribution in [3.05, 3.63) is 0 Å². The van der Waals surface area contributed by atoms with Crippen molar-refractivity contribution in [1.82, 2.24) is 10.6 Å². The average Bonchev–Trinajstić information content (AvgIpc) is 2.70. The van der Waals surface area contributed by atoms with E-state index in [1.165, 1.54) is 7.11 Å². The van der Waals surface area contributed by atoms with Crippen molar-refractivity contribution in [2.45, 2.75) is 58.3 Å². The summed E-state index contributed by atoms with van der Waals surface area (Å²) in [6.07, 6.45) is 7.81. The number of hydrogen-bond donors (Lipinski definition) is 2. The largest absolute Gasteiger partial charge is 0.469 e. The zero-order chi connectivity index (χ0) is 19.6. The molecule has 1 aliphatic rings. The van der Waals surface area contributed by atoms with E-state index in [-0.39, 0.29) is 29.9 Å². The van der Waals surface area contributed by atoms with Gasteiger partial charge < -0.3 is 24.8 Å². The lowest BCUT2D eigenvalue weighted by Crippen LogP contribution is -2.37. The molecule has 2 N–H and O–H groups in total. The van der Waals surface area contributed by atoms with Gasteiger partial charge in [0, 0.05) is 52.5 Å². The first kappa shape index (κ1) is 27.4. The second-order valence-electron chi connectivity index (χ2n) is 6.91. The number of halogens is 1. The van der Waals surface area contributed by atoms with Gasteiger partial charge >= 0.3 is 5.97 Å². The van der Waals surface area contributed by atoms with E-state index in [0.717, 1.165) is 97.0 Å². The van der Waals surface area contributed by atoms with E-state index in [0.29, 0.717) is 12.3 Å². The van der Waals surface area contributed by atoms with Gasteiger partial charge in [0.1, 0.15) is 0 Å². The van der Waals surface area contributed by atoms with Crippen molar-refractivity contribution in [1.29, 1.82) is 0 Å². The number of methoxy groups -OCH3 is 1. The quantitative estimate of drug-likeness (QED) is 0.122. The Labute approximate surface area is 187 Å². The fourth-order valence-corrected chi connectivity index (χ4v) is 2.92. The number of unbranched alkanes of at least 4 members (excludes halogenated alkanes) is 3. The Morgan fingerprint density at radius 2 is 1.86 bits per heavy atom. The lowest BCUT2D eigenvalue weighted by Gasteiger charge is -2.21. The van der Waals surface area contributed by atoms with E-state index in [4.69, 9.17) is 9.47 Å².